The fourth-order valence-corrected chi connectivity index (χ4v) is 2.29. The lowest BCUT2D eigenvalue weighted by molar-refractivity contribution is 0.406. The fraction of sp³-hybridized carbons (Fsp3) is 0.571. The van der Waals surface area contributed by atoms with E-state index in [1.54, 1.807) is 7.11 Å². The molecule has 0 bridgehead atoms. The maximum atomic E-state index is 6.25. The number of ether oxygens (including phenoxy) is 1. The second-order valence-electron chi connectivity index (χ2n) is 4.69. The van der Waals surface area contributed by atoms with Crippen molar-refractivity contribution in [2.24, 2.45) is 5.73 Å². The molecule has 0 fully saturated rings. The Balaban J connectivity index is 0.00000289. The van der Waals surface area contributed by atoms with Crippen LogP contribution >= 0.6 is 24.0 Å². The summed E-state index contributed by atoms with van der Waals surface area (Å²) in [6.45, 7) is 6.35. The molecule has 0 saturated carbocycles. The fourth-order valence-electron chi connectivity index (χ4n) is 1.96. The predicted molar refractivity (Wildman–Crippen MR) is 81.3 cm³/mol. The van der Waals surface area contributed by atoms with Crippen LogP contribution in [0.4, 0.5) is 0 Å². The van der Waals surface area contributed by atoms with E-state index in [0.717, 1.165) is 18.6 Å². The highest BCUT2D eigenvalue weighted by Gasteiger charge is 2.15. The number of hydrogen-bond acceptors (Lipinski definition) is 2. The number of halogens is 2. The Morgan fingerprint density at radius 2 is 1.94 bits per heavy atom. The van der Waals surface area contributed by atoms with Gasteiger partial charge in [-0.05, 0) is 42.9 Å². The minimum absolute atomic E-state index is 0. The van der Waals surface area contributed by atoms with Crippen molar-refractivity contribution in [3.63, 3.8) is 0 Å². The standard InChI is InChI=1S/C14H22ClNO.ClH/c1-5-9(2)12-7-11(6-10(3)16)8-13(15)14(12)17-4;/h7-10H,5-6,16H2,1-4H3;1H. The van der Waals surface area contributed by atoms with Crippen molar-refractivity contribution in [2.45, 2.75) is 45.6 Å². The molecule has 18 heavy (non-hydrogen) atoms. The molecule has 1 aromatic rings. The number of benzene rings is 1. The molecule has 1 aromatic carbocycles. The molecule has 0 aliphatic carbocycles. The summed E-state index contributed by atoms with van der Waals surface area (Å²) in [6.07, 6.45) is 1.90. The second-order valence-corrected chi connectivity index (χ2v) is 5.10. The van der Waals surface area contributed by atoms with Gasteiger partial charge in [0, 0.05) is 6.04 Å². The molecule has 2 atom stereocenters. The zero-order chi connectivity index (χ0) is 13.0. The van der Waals surface area contributed by atoms with Crippen molar-refractivity contribution < 1.29 is 4.74 Å². The van der Waals surface area contributed by atoms with Gasteiger partial charge in [0.1, 0.15) is 5.75 Å². The zero-order valence-corrected chi connectivity index (χ0v) is 13.1. The largest absolute Gasteiger partial charge is 0.495 e. The van der Waals surface area contributed by atoms with Crippen LogP contribution in [-0.4, -0.2) is 13.2 Å². The third kappa shape index (κ3) is 4.34. The Kier molecular flexibility index (Phi) is 7.69. The van der Waals surface area contributed by atoms with E-state index < -0.39 is 0 Å². The van der Waals surface area contributed by atoms with E-state index in [0.29, 0.717) is 10.9 Å². The highest BCUT2D eigenvalue weighted by atomic mass is 35.5. The van der Waals surface area contributed by atoms with E-state index in [4.69, 9.17) is 22.1 Å². The first-order valence-electron chi connectivity index (χ1n) is 6.11. The smallest absolute Gasteiger partial charge is 0.140 e. The van der Waals surface area contributed by atoms with Gasteiger partial charge in [0.15, 0.2) is 0 Å². The van der Waals surface area contributed by atoms with Crippen molar-refractivity contribution in [3.8, 4) is 5.75 Å². The molecule has 0 aliphatic heterocycles. The zero-order valence-electron chi connectivity index (χ0n) is 11.5. The summed E-state index contributed by atoms with van der Waals surface area (Å²) in [6, 6.07) is 4.27. The van der Waals surface area contributed by atoms with Crippen LogP contribution in [0, 0.1) is 0 Å². The SMILES string of the molecule is CCC(C)c1cc(CC(C)N)cc(Cl)c1OC.Cl. The highest BCUT2D eigenvalue weighted by Crippen LogP contribution is 2.36. The summed E-state index contributed by atoms with van der Waals surface area (Å²) in [5, 5.41) is 0.681. The molecule has 4 heteroatoms. The van der Waals surface area contributed by atoms with Gasteiger partial charge in [-0.3, -0.25) is 0 Å². The number of nitrogens with two attached hydrogens (primary N) is 1. The van der Waals surface area contributed by atoms with E-state index in [1.165, 1.54) is 11.1 Å². The summed E-state index contributed by atoms with van der Waals surface area (Å²) in [4.78, 5) is 0. The number of hydrogen-bond donors (Lipinski definition) is 1. The summed E-state index contributed by atoms with van der Waals surface area (Å²) in [7, 11) is 1.67. The van der Waals surface area contributed by atoms with E-state index in [1.807, 2.05) is 13.0 Å². The Hall–Kier alpha value is -0.440. The summed E-state index contributed by atoms with van der Waals surface area (Å²) in [5.74, 6) is 1.24. The lowest BCUT2D eigenvalue weighted by atomic mass is 9.94. The van der Waals surface area contributed by atoms with Crippen molar-refractivity contribution >= 4 is 24.0 Å². The summed E-state index contributed by atoms with van der Waals surface area (Å²) in [5.41, 5.74) is 8.19. The lowest BCUT2D eigenvalue weighted by Crippen LogP contribution is -2.18. The molecular weight excluding hydrogens is 269 g/mol. The molecule has 2 unspecified atom stereocenters. The van der Waals surface area contributed by atoms with Gasteiger partial charge in [-0.1, -0.05) is 31.5 Å². The van der Waals surface area contributed by atoms with Crippen LogP contribution in [0.25, 0.3) is 0 Å². The van der Waals surface area contributed by atoms with E-state index in [-0.39, 0.29) is 18.4 Å². The van der Waals surface area contributed by atoms with Crippen LogP contribution in [0.2, 0.25) is 5.02 Å². The maximum Gasteiger partial charge on any atom is 0.140 e. The minimum atomic E-state index is 0. The van der Waals surface area contributed by atoms with Crippen molar-refractivity contribution in [1.29, 1.82) is 0 Å². The van der Waals surface area contributed by atoms with Gasteiger partial charge in [-0.15, -0.1) is 12.4 Å². The van der Waals surface area contributed by atoms with Crippen LogP contribution in [0.3, 0.4) is 0 Å². The quantitative estimate of drug-likeness (QED) is 0.883. The Labute approximate surface area is 121 Å². The first-order chi connectivity index (χ1) is 7.99. The molecule has 2 nitrogen and oxygen atoms in total. The van der Waals surface area contributed by atoms with E-state index >= 15 is 0 Å². The lowest BCUT2D eigenvalue weighted by Gasteiger charge is -2.18. The topological polar surface area (TPSA) is 35.2 Å². The average molecular weight is 292 g/mol. The summed E-state index contributed by atoms with van der Waals surface area (Å²) < 4.78 is 5.40. The number of methoxy groups -OCH3 is 1. The normalized spacial score (nSPS) is 13.7. The van der Waals surface area contributed by atoms with Gasteiger partial charge in [-0.2, -0.15) is 0 Å². The van der Waals surface area contributed by atoms with Crippen LogP contribution in [0.15, 0.2) is 12.1 Å². The van der Waals surface area contributed by atoms with Gasteiger partial charge < -0.3 is 10.5 Å². The number of rotatable bonds is 5. The average Bonchev–Trinajstić information content (AvgIpc) is 2.26. The minimum Gasteiger partial charge on any atom is -0.495 e. The predicted octanol–water partition coefficient (Wildman–Crippen LogP) is 4.17. The van der Waals surface area contributed by atoms with Crippen LogP contribution in [-0.2, 0) is 6.42 Å². The first-order valence-corrected chi connectivity index (χ1v) is 6.49. The Bertz CT molecular complexity index is 380. The molecule has 104 valence electrons. The summed E-state index contributed by atoms with van der Waals surface area (Å²) >= 11 is 6.25. The molecule has 0 radical (unpaired) electrons. The molecule has 1 rings (SSSR count). The van der Waals surface area contributed by atoms with Crippen LogP contribution in [0.5, 0.6) is 5.75 Å². The van der Waals surface area contributed by atoms with Crippen molar-refractivity contribution in [2.75, 3.05) is 7.11 Å². The third-order valence-corrected chi connectivity index (χ3v) is 3.32. The van der Waals surface area contributed by atoms with Crippen LogP contribution in [0.1, 0.15) is 44.2 Å². The molecule has 0 amide bonds. The molecule has 0 aromatic heterocycles. The van der Waals surface area contributed by atoms with Crippen molar-refractivity contribution in [1.82, 2.24) is 0 Å². The van der Waals surface area contributed by atoms with E-state index in [2.05, 4.69) is 19.9 Å². The van der Waals surface area contributed by atoms with Crippen molar-refractivity contribution in [3.05, 3.63) is 28.3 Å². The van der Waals surface area contributed by atoms with E-state index in [9.17, 15) is 0 Å². The molecule has 0 saturated heterocycles. The van der Waals surface area contributed by atoms with Gasteiger partial charge in [0.2, 0.25) is 0 Å². The molecule has 0 spiro atoms. The first kappa shape index (κ1) is 17.6. The molecule has 2 N–H and O–H groups in total. The van der Waals surface area contributed by atoms with Gasteiger partial charge >= 0.3 is 0 Å². The highest BCUT2D eigenvalue weighted by molar-refractivity contribution is 6.32. The van der Waals surface area contributed by atoms with Gasteiger partial charge in [0.05, 0.1) is 12.1 Å². The van der Waals surface area contributed by atoms with Gasteiger partial charge in [0.25, 0.3) is 0 Å². The Morgan fingerprint density at radius 1 is 1.33 bits per heavy atom. The Morgan fingerprint density at radius 3 is 2.39 bits per heavy atom. The monoisotopic (exact) mass is 291 g/mol. The molecule has 0 heterocycles. The van der Waals surface area contributed by atoms with Gasteiger partial charge in [-0.25, -0.2) is 0 Å². The van der Waals surface area contributed by atoms with Crippen LogP contribution < -0.4 is 10.5 Å². The third-order valence-electron chi connectivity index (χ3n) is 3.04. The maximum absolute atomic E-state index is 6.25. The molecular formula is C14H23Cl2NO. The molecule has 0 aliphatic rings. The second kappa shape index (κ2) is 7.88.